The second-order valence-corrected chi connectivity index (χ2v) is 9.56. The summed E-state index contributed by atoms with van der Waals surface area (Å²) in [5.41, 5.74) is 2.00. The number of hydrogen-bond acceptors (Lipinski definition) is 4. The SMILES string of the molecule is CN(C(=O)Cc1ccc(Cl)c(Cl)c1)[C@H](CN1CC[C@H](CCCOCCO)C1)c1ccccc1. The molecule has 1 amide bonds. The Morgan fingerprint density at radius 1 is 1.18 bits per heavy atom. The molecular weight excluding hydrogens is 459 g/mol. The number of aliphatic hydroxyl groups is 1. The van der Waals surface area contributed by atoms with Crippen molar-refractivity contribution in [3.63, 3.8) is 0 Å². The third-order valence-electron chi connectivity index (χ3n) is 6.32. The van der Waals surface area contributed by atoms with E-state index in [0.717, 1.165) is 43.6 Å². The average molecular weight is 493 g/mol. The molecule has 33 heavy (non-hydrogen) atoms. The number of hydrogen-bond donors (Lipinski definition) is 1. The minimum absolute atomic E-state index is 0.0203. The highest BCUT2D eigenvalue weighted by atomic mass is 35.5. The van der Waals surface area contributed by atoms with Crippen molar-refractivity contribution in [1.82, 2.24) is 9.80 Å². The summed E-state index contributed by atoms with van der Waals surface area (Å²) in [7, 11) is 1.89. The first kappa shape index (κ1) is 26.0. The maximum Gasteiger partial charge on any atom is 0.227 e. The molecule has 0 aliphatic carbocycles. The number of amides is 1. The Kier molecular flexibility index (Phi) is 10.5. The summed E-state index contributed by atoms with van der Waals surface area (Å²) in [5, 5.41) is 9.77. The van der Waals surface area contributed by atoms with E-state index in [0.29, 0.717) is 29.2 Å². The molecule has 3 rings (SSSR count). The number of nitrogens with zero attached hydrogens (tertiary/aromatic N) is 2. The van der Waals surface area contributed by atoms with Crippen LogP contribution in [0.25, 0.3) is 0 Å². The number of benzene rings is 2. The van der Waals surface area contributed by atoms with E-state index >= 15 is 0 Å². The molecule has 180 valence electrons. The van der Waals surface area contributed by atoms with Crippen molar-refractivity contribution in [2.75, 3.05) is 46.5 Å². The summed E-state index contributed by atoms with van der Waals surface area (Å²) in [6, 6.07) is 15.6. The van der Waals surface area contributed by atoms with Crippen LogP contribution in [0.5, 0.6) is 0 Å². The van der Waals surface area contributed by atoms with Crippen LogP contribution in [0, 0.1) is 5.92 Å². The lowest BCUT2D eigenvalue weighted by atomic mass is 10.0. The number of carbonyl (C=O) groups excluding carboxylic acids is 1. The predicted molar refractivity (Wildman–Crippen MR) is 134 cm³/mol. The third kappa shape index (κ3) is 7.97. The van der Waals surface area contributed by atoms with Crippen molar-refractivity contribution in [3.05, 3.63) is 69.7 Å². The van der Waals surface area contributed by atoms with Crippen molar-refractivity contribution < 1.29 is 14.6 Å². The van der Waals surface area contributed by atoms with E-state index in [1.807, 2.05) is 36.2 Å². The molecule has 0 spiro atoms. The molecule has 1 fully saturated rings. The van der Waals surface area contributed by atoms with Gasteiger partial charge in [-0.25, -0.2) is 0 Å². The van der Waals surface area contributed by atoms with Crippen molar-refractivity contribution >= 4 is 29.1 Å². The number of rotatable bonds is 12. The Labute approximate surface area is 207 Å². The molecule has 2 aromatic carbocycles. The Morgan fingerprint density at radius 3 is 2.70 bits per heavy atom. The van der Waals surface area contributed by atoms with Gasteiger partial charge in [0.15, 0.2) is 0 Å². The first-order valence-corrected chi connectivity index (χ1v) is 12.4. The summed E-state index contributed by atoms with van der Waals surface area (Å²) in [6.07, 6.45) is 3.60. The third-order valence-corrected chi connectivity index (χ3v) is 7.06. The van der Waals surface area contributed by atoms with E-state index in [1.54, 1.807) is 12.1 Å². The molecule has 0 saturated carbocycles. The highest BCUT2D eigenvalue weighted by molar-refractivity contribution is 6.42. The van der Waals surface area contributed by atoms with E-state index in [1.165, 1.54) is 6.42 Å². The zero-order valence-corrected chi connectivity index (χ0v) is 20.8. The Morgan fingerprint density at radius 2 is 1.97 bits per heavy atom. The first-order chi connectivity index (χ1) is 16.0. The van der Waals surface area contributed by atoms with Crippen LogP contribution < -0.4 is 0 Å². The first-order valence-electron chi connectivity index (χ1n) is 11.6. The largest absolute Gasteiger partial charge is 0.394 e. The average Bonchev–Trinajstić information content (AvgIpc) is 3.27. The second-order valence-electron chi connectivity index (χ2n) is 8.75. The van der Waals surface area contributed by atoms with Gasteiger partial charge in [0, 0.05) is 26.7 Å². The minimum atomic E-state index is -0.0203. The van der Waals surface area contributed by atoms with Gasteiger partial charge in [-0.15, -0.1) is 0 Å². The van der Waals surface area contributed by atoms with Gasteiger partial charge in [0.2, 0.25) is 5.91 Å². The number of halogens is 2. The van der Waals surface area contributed by atoms with E-state index in [4.69, 9.17) is 33.0 Å². The van der Waals surface area contributed by atoms with Crippen LogP contribution in [0.2, 0.25) is 10.0 Å². The normalized spacial score (nSPS) is 17.3. The number of ether oxygens (including phenoxy) is 1. The molecule has 1 N–H and O–H groups in total. The fourth-order valence-corrected chi connectivity index (χ4v) is 4.77. The van der Waals surface area contributed by atoms with Crippen LogP contribution >= 0.6 is 23.2 Å². The number of likely N-dealkylation sites (tertiary alicyclic amines) is 1. The summed E-state index contributed by atoms with van der Waals surface area (Å²) in [6.45, 7) is 4.09. The molecule has 5 nitrogen and oxygen atoms in total. The van der Waals surface area contributed by atoms with Crippen LogP contribution in [0.1, 0.15) is 36.4 Å². The van der Waals surface area contributed by atoms with Crippen LogP contribution in [-0.2, 0) is 16.0 Å². The van der Waals surface area contributed by atoms with Gasteiger partial charge in [-0.2, -0.15) is 0 Å². The topological polar surface area (TPSA) is 53.0 Å². The number of aliphatic hydroxyl groups excluding tert-OH is 1. The predicted octanol–water partition coefficient (Wildman–Crippen LogP) is 4.85. The molecule has 2 aromatic rings. The summed E-state index contributed by atoms with van der Waals surface area (Å²) in [5.74, 6) is 0.704. The molecule has 1 aliphatic rings. The van der Waals surface area contributed by atoms with Gasteiger partial charge >= 0.3 is 0 Å². The van der Waals surface area contributed by atoms with Gasteiger partial charge in [0.05, 0.1) is 35.7 Å². The van der Waals surface area contributed by atoms with Gasteiger partial charge in [-0.3, -0.25) is 4.79 Å². The molecule has 7 heteroatoms. The van der Waals surface area contributed by atoms with Crippen molar-refractivity contribution in [3.8, 4) is 0 Å². The molecule has 1 heterocycles. The minimum Gasteiger partial charge on any atom is -0.394 e. The van der Waals surface area contributed by atoms with Gasteiger partial charge < -0.3 is 19.6 Å². The maximum atomic E-state index is 13.2. The Hall–Kier alpha value is -1.63. The fraction of sp³-hybridized carbons (Fsp3) is 0.500. The lowest BCUT2D eigenvalue weighted by Gasteiger charge is -2.32. The second kappa shape index (κ2) is 13.3. The molecular formula is C26H34Cl2N2O3. The molecule has 1 aliphatic heterocycles. The van der Waals surface area contributed by atoms with Gasteiger partial charge in [-0.05, 0) is 55.0 Å². The maximum absolute atomic E-state index is 13.2. The Bertz CT molecular complexity index is 881. The van der Waals surface area contributed by atoms with Crippen molar-refractivity contribution in [2.24, 2.45) is 5.92 Å². The van der Waals surface area contributed by atoms with Crippen LogP contribution in [-0.4, -0.2) is 67.3 Å². The van der Waals surface area contributed by atoms with Crippen LogP contribution in [0.3, 0.4) is 0 Å². The molecule has 0 unspecified atom stereocenters. The van der Waals surface area contributed by atoms with Crippen LogP contribution in [0.15, 0.2) is 48.5 Å². The summed E-state index contributed by atoms with van der Waals surface area (Å²) in [4.78, 5) is 17.5. The lowest BCUT2D eigenvalue weighted by Crippen LogP contribution is -2.39. The summed E-state index contributed by atoms with van der Waals surface area (Å²) >= 11 is 12.2. The van der Waals surface area contributed by atoms with Crippen molar-refractivity contribution in [2.45, 2.75) is 31.7 Å². The smallest absolute Gasteiger partial charge is 0.227 e. The zero-order valence-electron chi connectivity index (χ0n) is 19.3. The lowest BCUT2D eigenvalue weighted by molar-refractivity contribution is -0.131. The fourth-order valence-electron chi connectivity index (χ4n) is 4.45. The zero-order chi connectivity index (χ0) is 23.6. The number of carbonyl (C=O) groups is 1. The molecule has 0 aromatic heterocycles. The van der Waals surface area contributed by atoms with E-state index in [-0.39, 0.29) is 25.0 Å². The van der Waals surface area contributed by atoms with E-state index in [9.17, 15) is 4.79 Å². The van der Waals surface area contributed by atoms with E-state index in [2.05, 4.69) is 17.0 Å². The number of likely N-dealkylation sites (N-methyl/N-ethyl adjacent to an activating group) is 1. The summed E-state index contributed by atoms with van der Waals surface area (Å²) < 4.78 is 5.39. The Balaban J connectivity index is 1.61. The highest BCUT2D eigenvalue weighted by Crippen LogP contribution is 2.28. The monoisotopic (exact) mass is 492 g/mol. The van der Waals surface area contributed by atoms with Crippen molar-refractivity contribution in [1.29, 1.82) is 0 Å². The van der Waals surface area contributed by atoms with Crippen LogP contribution in [0.4, 0.5) is 0 Å². The quantitative estimate of drug-likeness (QED) is 0.430. The molecule has 1 saturated heterocycles. The molecule has 0 bridgehead atoms. The molecule has 0 radical (unpaired) electrons. The van der Waals surface area contributed by atoms with Gasteiger partial charge in [-0.1, -0.05) is 59.6 Å². The standard InChI is InChI=1S/C26H34Cl2N2O3/c1-29(26(32)17-21-9-10-23(27)24(28)16-21)25(22-7-3-2-4-8-22)19-30-12-11-20(18-30)6-5-14-33-15-13-31/h2-4,7-10,16,20,25,31H,5-6,11-15,17-19H2,1H3/t20-,25+/m0/s1. The van der Waals surface area contributed by atoms with E-state index < -0.39 is 0 Å². The highest BCUT2D eigenvalue weighted by Gasteiger charge is 2.28. The van der Waals surface area contributed by atoms with Gasteiger partial charge in [0.1, 0.15) is 0 Å². The molecule has 2 atom stereocenters. The van der Waals surface area contributed by atoms with Gasteiger partial charge in [0.25, 0.3) is 0 Å².